The van der Waals surface area contributed by atoms with Gasteiger partial charge in [0.25, 0.3) is 0 Å². The van der Waals surface area contributed by atoms with E-state index in [4.69, 9.17) is 9.47 Å². The molecule has 0 heterocycles. The Morgan fingerprint density at radius 2 is 0.844 bits per heavy atom. The normalized spacial score (nSPS) is 11.6. The molecule has 0 atom stereocenters. The first kappa shape index (κ1) is 32.4. The Balaban J connectivity index is 2.16. The first-order chi connectivity index (χ1) is 21.8. The van der Waals surface area contributed by atoms with Crippen molar-refractivity contribution in [3.63, 3.8) is 0 Å². The zero-order valence-electron chi connectivity index (χ0n) is 28.5. The van der Waals surface area contributed by atoms with Crippen LogP contribution in [0.3, 0.4) is 0 Å². The maximum absolute atomic E-state index is 6.55. The van der Waals surface area contributed by atoms with Gasteiger partial charge in [0.1, 0.15) is 11.5 Å². The van der Waals surface area contributed by atoms with E-state index in [9.17, 15) is 0 Å². The number of hydrogen-bond donors (Lipinski definition) is 0. The summed E-state index contributed by atoms with van der Waals surface area (Å²) in [4.78, 5) is 0. The molecule has 5 aromatic carbocycles. The molecule has 2 nitrogen and oxygen atoms in total. The third-order valence-electron chi connectivity index (χ3n) is 9.24. The Morgan fingerprint density at radius 1 is 0.467 bits per heavy atom. The quantitative estimate of drug-likeness (QED) is 0.0881. The van der Waals surface area contributed by atoms with Crippen LogP contribution in [0.25, 0.3) is 65.4 Å². The Hall–Kier alpha value is -4.04. The molecule has 0 aliphatic heterocycles. The van der Waals surface area contributed by atoms with E-state index in [1.807, 2.05) is 0 Å². The molecule has 5 aromatic rings. The lowest BCUT2D eigenvalue weighted by Gasteiger charge is -2.26. The number of hydrogen-bond acceptors (Lipinski definition) is 2. The molecule has 0 amide bonds. The fourth-order valence-electron chi connectivity index (χ4n) is 7.22. The average Bonchev–Trinajstić information content (AvgIpc) is 3.03. The van der Waals surface area contributed by atoms with Crippen LogP contribution in [0.4, 0.5) is 0 Å². The van der Waals surface area contributed by atoms with E-state index < -0.39 is 0 Å². The fraction of sp³-hybridized carbons (Fsp3) is 0.349. The standard InChI is InChI=1S/C43H50O2/c1-11-17-27(8)30-20-22-32-41-37(45-16-6)25-35(29(10)19-13-3)39-31(28(9)18-12-2)21-23-33(43(39)41)40-36(44-15-5)24-34(26(7)14-4)38(30)42(32)40/h20-25H,7-19H2,1-6H3. The van der Waals surface area contributed by atoms with Crippen molar-refractivity contribution in [2.45, 2.75) is 86.5 Å². The van der Waals surface area contributed by atoms with Gasteiger partial charge in [0, 0.05) is 21.5 Å². The predicted molar refractivity (Wildman–Crippen MR) is 201 cm³/mol. The lowest BCUT2D eigenvalue weighted by atomic mass is 9.80. The summed E-state index contributed by atoms with van der Waals surface area (Å²) < 4.78 is 13.1. The minimum atomic E-state index is 0.576. The van der Waals surface area contributed by atoms with Gasteiger partial charge in [-0.05, 0) is 118 Å². The van der Waals surface area contributed by atoms with Crippen LogP contribution in [0.2, 0.25) is 0 Å². The molecule has 0 saturated heterocycles. The van der Waals surface area contributed by atoms with E-state index in [1.165, 1.54) is 43.4 Å². The van der Waals surface area contributed by atoms with E-state index in [0.29, 0.717) is 13.2 Å². The smallest absolute Gasteiger partial charge is 0.128 e. The highest BCUT2D eigenvalue weighted by molar-refractivity contribution is 6.38. The second-order valence-electron chi connectivity index (χ2n) is 12.3. The highest BCUT2D eigenvalue weighted by Crippen LogP contribution is 2.53. The lowest BCUT2D eigenvalue weighted by Crippen LogP contribution is -2.03. The third kappa shape index (κ3) is 5.43. The van der Waals surface area contributed by atoms with Crippen LogP contribution in [0.1, 0.15) is 109 Å². The zero-order chi connectivity index (χ0) is 32.4. The predicted octanol–water partition coefficient (Wildman–Crippen LogP) is 13.4. The van der Waals surface area contributed by atoms with Crippen molar-refractivity contribution in [3.8, 4) is 11.5 Å². The maximum atomic E-state index is 6.55. The van der Waals surface area contributed by atoms with Crippen LogP contribution >= 0.6 is 0 Å². The van der Waals surface area contributed by atoms with Gasteiger partial charge in [0.05, 0.1) is 13.2 Å². The van der Waals surface area contributed by atoms with Crippen molar-refractivity contribution in [1.29, 1.82) is 0 Å². The van der Waals surface area contributed by atoms with Gasteiger partial charge in [0.15, 0.2) is 0 Å². The average molecular weight is 599 g/mol. The Labute approximate surface area is 270 Å². The van der Waals surface area contributed by atoms with E-state index in [1.54, 1.807) is 0 Å². The number of benzene rings is 5. The molecule has 0 unspecified atom stereocenters. The van der Waals surface area contributed by atoms with Gasteiger partial charge in [-0.1, -0.05) is 97.5 Å². The molecule has 0 spiro atoms. The minimum Gasteiger partial charge on any atom is -0.493 e. The van der Waals surface area contributed by atoms with Gasteiger partial charge in [-0.2, -0.15) is 0 Å². The van der Waals surface area contributed by atoms with Crippen LogP contribution in [-0.2, 0) is 0 Å². The van der Waals surface area contributed by atoms with Crippen LogP contribution < -0.4 is 9.47 Å². The minimum absolute atomic E-state index is 0.576. The summed E-state index contributed by atoms with van der Waals surface area (Å²) in [5, 5.41) is 9.50. The first-order valence-electron chi connectivity index (χ1n) is 17.0. The van der Waals surface area contributed by atoms with Crippen molar-refractivity contribution in [2.75, 3.05) is 13.2 Å². The summed E-state index contributed by atoms with van der Waals surface area (Å²) in [7, 11) is 0. The largest absolute Gasteiger partial charge is 0.493 e. The molecule has 0 N–H and O–H groups in total. The van der Waals surface area contributed by atoms with Crippen molar-refractivity contribution in [1.82, 2.24) is 0 Å². The summed E-state index contributed by atoms with van der Waals surface area (Å²) in [6.07, 6.45) is 6.78. The Morgan fingerprint density at radius 3 is 1.20 bits per heavy atom. The molecule has 2 heteroatoms. The van der Waals surface area contributed by atoms with E-state index in [-0.39, 0.29) is 0 Å². The molecule has 45 heavy (non-hydrogen) atoms. The van der Waals surface area contributed by atoms with Gasteiger partial charge in [0.2, 0.25) is 0 Å². The molecule has 0 aromatic heterocycles. The van der Waals surface area contributed by atoms with Crippen molar-refractivity contribution in [3.05, 3.63) is 85.0 Å². The number of fused-ring (bicyclic) bond motifs is 2. The summed E-state index contributed by atoms with van der Waals surface area (Å²) >= 11 is 0. The SMILES string of the molecule is C=C(CC)c1cc(OCC)c2c3ccc(C(=C)CCC)c4c(C(=C)CCC)cc(OCC)c(c5ccc(C(=C)CCC)c1c52)c43. The molecule has 0 radical (unpaired) electrons. The summed E-state index contributed by atoms with van der Waals surface area (Å²) in [5.74, 6) is 1.80. The van der Waals surface area contributed by atoms with Gasteiger partial charge in [-0.3, -0.25) is 0 Å². The van der Waals surface area contributed by atoms with Crippen LogP contribution in [0, 0.1) is 0 Å². The molecule has 0 bridgehead atoms. The van der Waals surface area contributed by atoms with Gasteiger partial charge >= 0.3 is 0 Å². The monoisotopic (exact) mass is 598 g/mol. The molecule has 5 rings (SSSR count). The van der Waals surface area contributed by atoms with Crippen molar-refractivity contribution in [2.24, 2.45) is 0 Å². The van der Waals surface area contributed by atoms with E-state index >= 15 is 0 Å². The molecule has 0 fully saturated rings. The van der Waals surface area contributed by atoms with Gasteiger partial charge in [-0.15, -0.1) is 0 Å². The molecule has 0 aliphatic carbocycles. The van der Waals surface area contributed by atoms with E-state index in [0.717, 1.165) is 101 Å². The summed E-state index contributed by atoms with van der Waals surface area (Å²) in [5.41, 5.74) is 9.26. The zero-order valence-corrected chi connectivity index (χ0v) is 28.5. The van der Waals surface area contributed by atoms with E-state index in [2.05, 4.69) is 104 Å². The van der Waals surface area contributed by atoms with Crippen LogP contribution in [0.5, 0.6) is 11.5 Å². The molecular formula is C43H50O2. The number of allylic oxidation sites excluding steroid dienone is 4. The fourth-order valence-corrected chi connectivity index (χ4v) is 7.22. The van der Waals surface area contributed by atoms with Crippen LogP contribution in [0.15, 0.2) is 62.7 Å². The van der Waals surface area contributed by atoms with Crippen molar-refractivity contribution < 1.29 is 9.47 Å². The van der Waals surface area contributed by atoms with Crippen molar-refractivity contribution >= 4 is 65.4 Å². The van der Waals surface area contributed by atoms with Gasteiger partial charge < -0.3 is 9.47 Å². The third-order valence-corrected chi connectivity index (χ3v) is 9.24. The molecular weight excluding hydrogens is 548 g/mol. The van der Waals surface area contributed by atoms with Gasteiger partial charge in [-0.25, -0.2) is 0 Å². The molecule has 0 aliphatic rings. The highest BCUT2D eigenvalue weighted by atomic mass is 16.5. The summed E-state index contributed by atoms with van der Waals surface area (Å²) in [6.45, 7) is 32.4. The number of rotatable bonds is 15. The molecule has 234 valence electrons. The number of ether oxygens (including phenoxy) is 2. The maximum Gasteiger partial charge on any atom is 0.128 e. The second kappa shape index (κ2) is 13.5. The van der Waals surface area contributed by atoms with Crippen LogP contribution in [-0.4, -0.2) is 13.2 Å². The first-order valence-corrected chi connectivity index (χ1v) is 17.0. The molecule has 0 saturated carbocycles. The Bertz CT molecular complexity index is 1950. The lowest BCUT2D eigenvalue weighted by molar-refractivity contribution is 0.344. The second-order valence-corrected chi connectivity index (χ2v) is 12.3. The summed E-state index contributed by atoms with van der Waals surface area (Å²) in [6, 6.07) is 13.7. The highest BCUT2D eigenvalue weighted by Gasteiger charge is 2.26. The Kier molecular flexibility index (Phi) is 9.73. The topological polar surface area (TPSA) is 18.5 Å².